The molecule has 0 saturated heterocycles. The summed E-state index contributed by atoms with van der Waals surface area (Å²) >= 11 is 6.10. The maximum absolute atomic E-state index is 13.1. The van der Waals surface area contributed by atoms with Gasteiger partial charge in [-0.1, -0.05) is 29.8 Å². The molecule has 2 heterocycles. The van der Waals surface area contributed by atoms with E-state index >= 15 is 0 Å². The molecule has 0 radical (unpaired) electrons. The van der Waals surface area contributed by atoms with Gasteiger partial charge in [0.25, 0.3) is 10.0 Å². The molecule has 0 aliphatic carbocycles. The third-order valence-corrected chi connectivity index (χ3v) is 5.79. The van der Waals surface area contributed by atoms with Crippen molar-refractivity contribution >= 4 is 38.1 Å². The quantitative estimate of drug-likeness (QED) is 0.503. The number of pyridine rings is 1. The Morgan fingerprint density at radius 2 is 1.71 bits per heavy atom. The number of nitrogens with one attached hydrogen (secondary N) is 1. The molecular weight excluding hydrogens is 403 g/mol. The minimum atomic E-state index is -3.96. The van der Waals surface area contributed by atoms with Gasteiger partial charge in [0, 0.05) is 22.5 Å². The molecule has 4 aromatic rings. The van der Waals surface area contributed by atoms with E-state index in [1.54, 1.807) is 24.7 Å². The average molecular weight is 415 g/mol. The Hall–Kier alpha value is -3.10. The van der Waals surface area contributed by atoms with Crippen molar-refractivity contribution in [2.45, 2.75) is 4.90 Å². The van der Waals surface area contributed by atoms with Gasteiger partial charge in [-0.25, -0.2) is 17.8 Å². The lowest BCUT2D eigenvalue weighted by Crippen LogP contribution is -2.13. The van der Waals surface area contributed by atoms with Crippen LogP contribution in [-0.2, 0) is 10.0 Å². The van der Waals surface area contributed by atoms with Crippen LogP contribution in [0.2, 0.25) is 5.15 Å². The van der Waals surface area contributed by atoms with Gasteiger partial charge in [0.1, 0.15) is 5.82 Å². The lowest BCUT2D eigenvalue weighted by Gasteiger charge is -2.12. The Balaban J connectivity index is 1.76. The maximum Gasteiger partial charge on any atom is 0.261 e. The van der Waals surface area contributed by atoms with E-state index in [9.17, 15) is 12.8 Å². The Labute approximate surface area is 165 Å². The summed E-state index contributed by atoms with van der Waals surface area (Å²) in [4.78, 5) is 4.01. The molecule has 0 aliphatic heterocycles. The van der Waals surface area contributed by atoms with E-state index in [4.69, 9.17) is 11.6 Å². The Morgan fingerprint density at radius 3 is 2.50 bits per heavy atom. The van der Waals surface area contributed by atoms with E-state index in [1.807, 2.05) is 18.2 Å². The predicted molar refractivity (Wildman–Crippen MR) is 105 cm³/mol. The second-order valence-electron chi connectivity index (χ2n) is 5.92. The highest BCUT2D eigenvalue weighted by Crippen LogP contribution is 2.32. The lowest BCUT2D eigenvalue weighted by atomic mass is 10.0. The van der Waals surface area contributed by atoms with E-state index < -0.39 is 15.8 Å². The van der Waals surface area contributed by atoms with Gasteiger partial charge in [-0.05, 0) is 35.9 Å². The molecule has 28 heavy (non-hydrogen) atoms. The summed E-state index contributed by atoms with van der Waals surface area (Å²) in [6, 6.07) is 11.7. The molecule has 1 N–H and O–H groups in total. The molecule has 0 aliphatic rings. The largest absolute Gasteiger partial charge is 0.276 e. The number of benzene rings is 2. The third-order valence-electron chi connectivity index (χ3n) is 4.11. The maximum atomic E-state index is 13.1. The van der Waals surface area contributed by atoms with Crippen LogP contribution in [0.4, 0.5) is 10.1 Å². The molecule has 0 saturated carbocycles. The highest BCUT2D eigenvalue weighted by atomic mass is 35.5. The summed E-state index contributed by atoms with van der Waals surface area (Å²) in [6.45, 7) is 0. The van der Waals surface area contributed by atoms with Gasteiger partial charge in [-0.3, -0.25) is 4.72 Å². The molecule has 0 bridgehead atoms. The normalized spacial score (nSPS) is 11.5. The molecule has 0 spiro atoms. The number of anilines is 1. The number of hydrogen-bond donors (Lipinski definition) is 1. The minimum absolute atomic E-state index is 0.00512. The first kappa shape index (κ1) is 18.3. The summed E-state index contributed by atoms with van der Waals surface area (Å²) in [5.41, 5.74) is 1.57. The predicted octanol–water partition coefficient (Wildman–Crippen LogP) is 4.29. The molecule has 0 amide bonds. The first-order valence-electron chi connectivity index (χ1n) is 8.08. The number of hydrogen-bond acceptors (Lipinski definition) is 5. The molecule has 0 fully saturated rings. The molecule has 4 rings (SSSR count). The zero-order valence-corrected chi connectivity index (χ0v) is 15.7. The number of aromatic nitrogens is 3. The summed E-state index contributed by atoms with van der Waals surface area (Å²) in [7, 11) is -3.96. The van der Waals surface area contributed by atoms with Crippen LogP contribution in [-0.4, -0.2) is 23.6 Å². The SMILES string of the molecule is O=S(=O)(Nc1cc(-c2cccc3cnncc23)cnc1Cl)c1ccc(F)cc1. The van der Waals surface area contributed by atoms with Crippen LogP contribution >= 0.6 is 11.6 Å². The Bertz CT molecular complexity index is 1280. The van der Waals surface area contributed by atoms with Gasteiger partial charge in [0.15, 0.2) is 5.15 Å². The van der Waals surface area contributed by atoms with E-state index in [-0.39, 0.29) is 15.7 Å². The zero-order chi connectivity index (χ0) is 19.7. The fraction of sp³-hybridized carbons (Fsp3) is 0. The van der Waals surface area contributed by atoms with Gasteiger partial charge in [-0.2, -0.15) is 10.2 Å². The molecule has 0 atom stereocenters. The Morgan fingerprint density at radius 1 is 0.964 bits per heavy atom. The monoisotopic (exact) mass is 414 g/mol. The van der Waals surface area contributed by atoms with Crippen LogP contribution < -0.4 is 4.72 Å². The zero-order valence-electron chi connectivity index (χ0n) is 14.2. The molecule has 2 aromatic heterocycles. The molecular formula is C19H12ClFN4O2S. The second-order valence-corrected chi connectivity index (χ2v) is 7.96. The highest BCUT2D eigenvalue weighted by molar-refractivity contribution is 7.92. The van der Waals surface area contributed by atoms with Crippen LogP contribution in [0.25, 0.3) is 21.9 Å². The molecule has 6 nitrogen and oxygen atoms in total. The highest BCUT2D eigenvalue weighted by Gasteiger charge is 2.17. The lowest BCUT2D eigenvalue weighted by molar-refractivity contribution is 0.599. The van der Waals surface area contributed by atoms with Crippen LogP contribution in [0.5, 0.6) is 0 Å². The van der Waals surface area contributed by atoms with E-state index in [0.29, 0.717) is 5.56 Å². The molecule has 9 heteroatoms. The number of halogens is 2. The average Bonchev–Trinajstić information content (AvgIpc) is 2.69. The molecule has 140 valence electrons. The summed E-state index contributed by atoms with van der Waals surface area (Å²) < 4.78 is 40.7. The van der Waals surface area contributed by atoms with Gasteiger partial charge >= 0.3 is 0 Å². The fourth-order valence-electron chi connectivity index (χ4n) is 2.76. The van der Waals surface area contributed by atoms with E-state index in [1.165, 1.54) is 12.1 Å². The minimum Gasteiger partial charge on any atom is -0.276 e. The first-order chi connectivity index (χ1) is 13.4. The number of nitrogens with zero attached hydrogens (tertiary/aromatic N) is 3. The number of rotatable bonds is 4. The fourth-order valence-corrected chi connectivity index (χ4v) is 4.03. The van der Waals surface area contributed by atoms with Crippen LogP contribution in [0.3, 0.4) is 0 Å². The number of fused-ring (bicyclic) bond motifs is 1. The van der Waals surface area contributed by atoms with Gasteiger partial charge in [0.05, 0.1) is 23.0 Å². The van der Waals surface area contributed by atoms with Crippen LogP contribution in [0.15, 0.2) is 72.0 Å². The van der Waals surface area contributed by atoms with Gasteiger partial charge < -0.3 is 0 Å². The summed E-state index contributed by atoms with van der Waals surface area (Å²) in [6.07, 6.45) is 4.81. The molecule has 2 aromatic carbocycles. The van der Waals surface area contributed by atoms with Crippen molar-refractivity contribution in [3.8, 4) is 11.1 Å². The van der Waals surface area contributed by atoms with E-state index in [0.717, 1.165) is 28.5 Å². The van der Waals surface area contributed by atoms with Crippen molar-refractivity contribution in [1.29, 1.82) is 0 Å². The van der Waals surface area contributed by atoms with Crippen molar-refractivity contribution in [1.82, 2.24) is 15.2 Å². The number of sulfonamides is 1. The van der Waals surface area contributed by atoms with Crippen LogP contribution in [0.1, 0.15) is 0 Å². The van der Waals surface area contributed by atoms with Crippen molar-refractivity contribution in [3.63, 3.8) is 0 Å². The summed E-state index contributed by atoms with van der Waals surface area (Å²) in [5.74, 6) is -0.528. The topological polar surface area (TPSA) is 84.8 Å². The Kier molecular flexibility index (Phi) is 4.66. The third kappa shape index (κ3) is 3.51. The standard InChI is InChI=1S/C19H12ClFN4O2S/c20-19-18(25-28(26,27)15-6-4-14(21)5-7-15)8-13(9-22-19)16-3-1-2-12-10-23-24-11-17(12)16/h1-11,25H. The van der Waals surface area contributed by atoms with Crippen molar-refractivity contribution in [2.75, 3.05) is 4.72 Å². The summed E-state index contributed by atoms with van der Waals surface area (Å²) in [5, 5.41) is 9.49. The second kappa shape index (κ2) is 7.14. The van der Waals surface area contributed by atoms with Crippen molar-refractivity contribution in [3.05, 3.63) is 78.1 Å². The van der Waals surface area contributed by atoms with Crippen LogP contribution in [0, 0.1) is 5.82 Å². The molecule has 0 unspecified atom stereocenters. The van der Waals surface area contributed by atoms with Gasteiger partial charge in [-0.15, -0.1) is 0 Å². The first-order valence-corrected chi connectivity index (χ1v) is 9.94. The van der Waals surface area contributed by atoms with Crippen molar-refractivity contribution in [2.24, 2.45) is 0 Å². The van der Waals surface area contributed by atoms with Gasteiger partial charge in [0.2, 0.25) is 0 Å². The van der Waals surface area contributed by atoms with E-state index in [2.05, 4.69) is 19.9 Å². The van der Waals surface area contributed by atoms with Crippen molar-refractivity contribution < 1.29 is 12.8 Å². The smallest absolute Gasteiger partial charge is 0.261 e.